The lowest BCUT2D eigenvalue weighted by molar-refractivity contribution is 0.102. The molecule has 3 rings (SSSR count). The Kier molecular flexibility index (Phi) is 5.34. The van der Waals surface area contributed by atoms with Crippen molar-refractivity contribution in [1.29, 1.82) is 0 Å². The van der Waals surface area contributed by atoms with Crippen LogP contribution in [0.15, 0.2) is 54.9 Å². The molecule has 0 aliphatic carbocycles. The van der Waals surface area contributed by atoms with Gasteiger partial charge in [-0.15, -0.1) is 0 Å². The number of nitrogens with one attached hydrogen (secondary N) is 2. The molecule has 1 aromatic heterocycles. The number of hydrogen-bond donors (Lipinski definition) is 2. The average molecular weight is 369 g/mol. The molecule has 0 spiro atoms. The van der Waals surface area contributed by atoms with Crippen LogP contribution in [0.5, 0.6) is 5.75 Å². The molecule has 0 aliphatic heterocycles. The quantitative estimate of drug-likeness (QED) is 0.696. The van der Waals surface area contributed by atoms with Gasteiger partial charge < -0.3 is 15.4 Å². The maximum Gasteiger partial charge on any atom is 0.258 e. The number of ether oxygens (including phenoxy) is 1. The minimum atomic E-state index is -0.291. The molecule has 0 saturated heterocycles. The van der Waals surface area contributed by atoms with E-state index in [1.807, 2.05) is 19.1 Å². The first kappa shape index (κ1) is 17.7. The van der Waals surface area contributed by atoms with Crippen LogP contribution >= 0.6 is 11.6 Å². The molecular formula is C19H17ClN4O2. The van der Waals surface area contributed by atoms with E-state index in [4.69, 9.17) is 16.3 Å². The molecule has 0 radical (unpaired) electrons. The van der Waals surface area contributed by atoms with E-state index < -0.39 is 0 Å². The maximum absolute atomic E-state index is 12.3. The van der Waals surface area contributed by atoms with Gasteiger partial charge in [-0.25, -0.2) is 9.97 Å². The zero-order chi connectivity index (χ0) is 18.5. The summed E-state index contributed by atoms with van der Waals surface area (Å²) in [6, 6.07) is 12.6. The van der Waals surface area contributed by atoms with Gasteiger partial charge in [-0.1, -0.05) is 17.7 Å². The summed E-state index contributed by atoms with van der Waals surface area (Å²) < 4.78 is 5.09. The van der Waals surface area contributed by atoms with E-state index in [2.05, 4.69) is 20.6 Å². The van der Waals surface area contributed by atoms with Gasteiger partial charge in [0.2, 0.25) is 5.95 Å². The molecule has 1 heterocycles. The van der Waals surface area contributed by atoms with Crippen molar-refractivity contribution < 1.29 is 9.53 Å². The minimum absolute atomic E-state index is 0.291. The number of methoxy groups -OCH3 is 1. The van der Waals surface area contributed by atoms with Gasteiger partial charge in [-0.3, -0.25) is 4.79 Å². The first-order chi connectivity index (χ1) is 12.5. The molecular weight excluding hydrogens is 352 g/mol. The second kappa shape index (κ2) is 7.84. The van der Waals surface area contributed by atoms with Crippen molar-refractivity contribution in [3.63, 3.8) is 0 Å². The Labute approximate surface area is 156 Å². The number of aryl methyl sites for hydroxylation is 1. The Balaban J connectivity index is 1.68. The summed E-state index contributed by atoms with van der Waals surface area (Å²) in [5, 5.41) is 6.49. The first-order valence-electron chi connectivity index (χ1n) is 7.86. The average Bonchev–Trinajstić information content (AvgIpc) is 2.66. The van der Waals surface area contributed by atoms with E-state index in [9.17, 15) is 4.79 Å². The van der Waals surface area contributed by atoms with Gasteiger partial charge >= 0.3 is 0 Å². The van der Waals surface area contributed by atoms with Crippen LogP contribution in [0.25, 0.3) is 0 Å². The summed E-state index contributed by atoms with van der Waals surface area (Å²) in [5.41, 5.74) is 2.84. The maximum atomic E-state index is 12.3. The fourth-order valence-corrected chi connectivity index (χ4v) is 2.41. The van der Waals surface area contributed by atoms with Crippen LogP contribution in [0.1, 0.15) is 15.9 Å². The molecule has 0 fully saturated rings. The molecule has 26 heavy (non-hydrogen) atoms. The highest BCUT2D eigenvalue weighted by Crippen LogP contribution is 2.22. The second-order valence-corrected chi connectivity index (χ2v) is 6.00. The first-order valence-corrected chi connectivity index (χ1v) is 8.23. The monoisotopic (exact) mass is 368 g/mol. The van der Waals surface area contributed by atoms with Crippen molar-refractivity contribution in [2.45, 2.75) is 6.92 Å². The van der Waals surface area contributed by atoms with Crippen molar-refractivity contribution in [1.82, 2.24) is 9.97 Å². The molecule has 2 aromatic carbocycles. The topological polar surface area (TPSA) is 76.1 Å². The van der Waals surface area contributed by atoms with E-state index in [1.165, 1.54) is 12.4 Å². The number of benzene rings is 2. The van der Waals surface area contributed by atoms with Crippen molar-refractivity contribution >= 4 is 34.8 Å². The summed E-state index contributed by atoms with van der Waals surface area (Å²) >= 11 is 6.00. The van der Waals surface area contributed by atoms with E-state index in [0.717, 1.165) is 17.0 Å². The van der Waals surface area contributed by atoms with E-state index >= 15 is 0 Å². The lowest BCUT2D eigenvalue weighted by Gasteiger charge is -2.09. The smallest absolute Gasteiger partial charge is 0.258 e. The number of anilines is 3. The third-order valence-electron chi connectivity index (χ3n) is 3.71. The Hall–Kier alpha value is -3.12. The zero-order valence-electron chi connectivity index (χ0n) is 14.3. The van der Waals surface area contributed by atoms with Crippen LogP contribution in [0.2, 0.25) is 5.02 Å². The van der Waals surface area contributed by atoms with Gasteiger partial charge in [0, 0.05) is 28.8 Å². The van der Waals surface area contributed by atoms with Crippen molar-refractivity contribution in [2.75, 3.05) is 17.7 Å². The number of carbonyl (C=O) groups is 1. The molecule has 0 atom stereocenters. The third-order valence-corrected chi connectivity index (χ3v) is 3.94. The molecule has 6 nitrogen and oxygen atoms in total. The highest BCUT2D eigenvalue weighted by atomic mass is 35.5. The van der Waals surface area contributed by atoms with Crippen LogP contribution in [0, 0.1) is 6.92 Å². The van der Waals surface area contributed by atoms with E-state index in [-0.39, 0.29) is 5.91 Å². The molecule has 2 N–H and O–H groups in total. The number of nitrogens with zero attached hydrogens (tertiary/aromatic N) is 2. The van der Waals surface area contributed by atoms with Gasteiger partial charge in [-0.2, -0.15) is 0 Å². The molecule has 7 heteroatoms. The van der Waals surface area contributed by atoms with Gasteiger partial charge in [0.1, 0.15) is 5.75 Å². The fraction of sp³-hybridized carbons (Fsp3) is 0.105. The van der Waals surface area contributed by atoms with Crippen LogP contribution in [-0.2, 0) is 0 Å². The number of aromatic nitrogens is 2. The third kappa shape index (κ3) is 4.29. The summed E-state index contributed by atoms with van der Waals surface area (Å²) in [4.78, 5) is 20.7. The van der Waals surface area contributed by atoms with Crippen LogP contribution in [-0.4, -0.2) is 23.0 Å². The number of rotatable bonds is 5. The Morgan fingerprint density at radius 3 is 2.42 bits per heavy atom. The molecule has 0 unspecified atom stereocenters. The van der Waals surface area contributed by atoms with Gasteiger partial charge in [0.05, 0.1) is 12.7 Å². The van der Waals surface area contributed by atoms with Crippen molar-refractivity contribution in [3.8, 4) is 5.75 Å². The fourth-order valence-electron chi connectivity index (χ4n) is 2.24. The number of amides is 1. The predicted molar refractivity (Wildman–Crippen MR) is 102 cm³/mol. The highest BCUT2D eigenvalue weighted by molar-refractivity contribution is 6.30. The van der Waals surface area contributed by atoms with Gasteiger partial charge in [-0.05, 0) is 48.9 Å². The second-order valence-electron chi connectivity index (χ2n) is 5.56. The normalized spacial score (nSPS) is 10.3. The van der Waals surface area contributed by atoms with Crippen LogP contribution in [0.4, 0.5) is 17.3 Å². The van der Waals surface area contributed by atoms with Crippen LogP contribution < -0.4 is 15.4 Å². The van der Waals surface area contributed by atoms with E-state index in [0.29, 0.717) is 22.2 Å². The van der Waals surface area contributed by atoms with Gasteiger partial charge in [0.15, 0.2) is 0 Å². The summed E-state index contributed by atoms with van der Waals surface area (Å²) in [7, 11) is 1.59. The lowest BCUT2D eigenvalue weighted by Crippen LogP contribution is -2.13. The molecule has 132 valence electrons. The lowest BCUT2D eigenvalue weighted by atomic mass is 10.2. The molecule has 0 saturated carbocycles. The number of hydrogen-bond acceptors (Lipinski definition) is 5. The SMILES string of the molecule is COc1ccc(NC(=O)c2cnc(Nc3cc(Cl)ccc3C)nc2)cc1. The van der Waals surface area contributed by atoms with Crippen molar-refractivity contribution in [3.05, 3.63) is 71.0 Å². The molecule has 0 aliphatic rings. The Bertz CT molecular complexity index is 912. The number of halogens is 1. The Morgan fingerprint density at radius 1 is 1.08 bits per heavy atom. The van der Waals surface area contributed by atoms with E-state index in [1.54, 1.807) is 37.4 Å². The molecule has 3 aromatic rings. The minimum Gasteiger partial charge on any atom is -0.497 e. The summed E-state index contributed by atoms with van der Waals surface area (Å²) in [6.07, 6.45) is 2.93. The zero-order valence-corrected chi connectivity index (χ0v) is 15.0. The summed E-state index contributed by atoms with van der Waals surface area (Å²) in [6.45, 7) is 1.95. The van der Waals surface area contributed by atoms with Crippen molar-refractivity contribution in [2.24, 2.45) is 0 Å². The predicted octanol–water partition coefficient (Wildman–Crippen LogP) is 4.44. The largest absolute Gasteiger partial charge is 0.497 e. The highest BCUT2D eigenvalue weighted by Gasteiger charge is 2.09. The molecule has 0 bridgehead atoms. The van der Waals surface area contributed by atoms with Gasteiger partial charge in [0.25, 0.3) is 5.91 Å². The Morgan fingerprint density at radius 2 is 1.77 bits per heavy atom. The van der Waals surface area contributed by atoms with Crippen LogP contribution in [0.3, 0.4) is 0 Å². The molecule has 1 amide bonds. The summed E-state index contributed by atoms with van der Waals surface area (Å²) in [5.74, 6) is 0.815. The number of carbonyl (C=O) groups excluding carboxylic acids is 1. The standard InChI is InChI=1S/C19H17ClN4O2/c1-12-3-4-14(20)9-17(12)24-19-21-10-13(11-22-19)18(25)23-15-5-7-16(26-2)8-6-15/h3-11H,1-2H3,(H,23,25)(H,21,22,24).